The SMILES string of the molecule is C[n+]1csc2ccc3ccccc3c21. The topological polar surface area (TPSA) is 3.88 Å². The summed E-state index contributed by atoms with van der Waals surface area (Å²) < 4.78 is 3.55. The summed E-state index contributed by atoms with van der Waals surface area (Å²) in [6, 6.07) is 12.9. The first-order chi connectivity index (χ1) is 6.86. The summed E-state index contributed by atoms with van der Waals surface area (Å²) in [6.07, 6.45) is 0. The van der Waals surface area contributed by atoms with Crippen LogP contribution in [0.4, 0.5) is 0 Å². The van der Waals surface area contributed by atoms with Gasteiger partial charge in [0.15, 0.2) is 0 Å². The molecule has 3 rings (SSSR count). The van der Waals surface area contributed by atoms with Gasteiger partial charge in [-0.05, 0) is 17.5 Å². The van der Waals surface area contributed by atoms with Gasteiger partial charge >= 0.3 is 0 Å². The molecule has 0 amide bonds. The number of hydrogen-bond acceptors (Lipinski definition) is 1. The molecule has 0 unspecified atom stereocenters. The molecule has 14 heavy (non-hydrogen) atoms. The number of aromatic nitrogens is 1. The standard InChI is InChI=1S/C12H10NS/c1-13-8-14-11-7-6-9-4-2-3-5-10(9)12(11)13/h2-8H,1H3/q+1. The molecule has 3 aromatic rings. The van der Waals surface area contributed by atoms with E-state index in [1.54, 1.807) is 11.3 Å². The number of aryl methyl sites for hydroxylation is 1. The zero-order valence-corrected chi connectivity index (χ0v) is 8.71. The first-order valence-corrected chi connectivity index (χ1v) is 5.49. The van der Waals surface area contributed by atoms with Gasteiger partial charge in [-0.25, -0.2) is 0 Å². The fourth-order valence-corrected chi connectivity index (χ4v) is 2.77. The number of fused-ring (bicyclic) bond motifs is 3. The molecule has 2 heteroatoms. The van der Waals surface area contributed by atoms with Crippen LogP contribution in [-0.4, -0.2) is 0 Å². The van der Waals surface area contributed by atoms with Crippen molar-refractivity contribution in [3.05, 3.63) is 41.9 Å². The summed E-state index contributed by atoms with van der Waals surface area (Å²) >= 11 is 1.79. The van der Waals surface area contributed by atoms with Gasteiger partial charge in [-0.3, -0.25) is 0 Å². The van der Waals surface area contributed by atoms with Crippen molar-refractivity contribution in [3.63, 3.8) is 0 Å². The largest absolute Gasteiger partial charge is 0.231 e. The predicted octanol–water partition coefficient (Wildman–Crippen LogP) is 2.88. The molecule has 0 bridgehead atoms. The molecule has 1 heterocycles. The third-order valence-corrected chi connectivity index (χ3v) is 3.56. The van der Waals surface area contributed by atoms with E-state index in [0.717, 1.165) is 0 Å². The summed E-state index contributed by atoms with van der Waals surface area (Å²) in [7, 11) is 2.10. The lowest BCUT2D eigenvalue weighted by Crippen LogP contribution is -2.24. The summed E-state index contributed by atoms with van der Waals surface area (Å²) in [6.45, 7) is 0. The van der Waals surface area contributed by atoms with E-state index in [1.807, 2.05) is 0 Å². The maximum Gasteiger partial charge on any atom is 0.231 e. The Kier molecular flexibility index (Phi) is 1.58. The molecule has 0 saturated heterocycles. The van der Waals surface area contributed by atoms with Gasteiger partial charge in [-0.2, -0.15) is 4.57 Å². The fourth-order valence-electron chi connectivity index (χ4n) is 1.88. The molecule has 0 spiro atoms. The van der Waals surface area contributed by atoms with Gasteiger partial charge in [-0.1, -0.05) is 35.6 Å². The van der Waals surface area contributed by atoms with Gasteiger partial charge in [0.25, 0.3) is 0 Å². The Morgan fingerprint density at radius 2 is 1.93 bits per heavy atom. The van der Waals surface area contributed by atoms with Crippen molar-refractivity contribution in [1.29, 1.82) is 0 Å². The summed E-state index contributed by atoms with van der Waals surface area (Å²) in [5.74, 6) is 0. The van der Waals surface area contributed by atoms with E-state index in [2.05, 4.69) is 53.5 Å². The zero-order chi connectivity index (χ0) is 9.54. The van der Waals surface area contributed by atoms with Crippen LogP contribution in [0.3, 0.4) is 0 Å². The quantitative estimate of drug-likeness (QED) is 0.491. The highest BCUT2D eigenvalue weighted by Crippen LogP contribution is 2.25. The van der Waals surface area contributed by atoms with E-state index in [-0.39, 0.29) is 0 Å². The Morgan fingerprint density at radius 1 is 1.07 bits per heavy atom. The molecule has 0 aliphatic carbocycles. The number of rotatable bonds is 0. The predicted molar refractivity (Wildman–Crippen MR) is 60.5 cm³/mol. The molecule has 2 aromatic carbocycles. The van der Waals surface area contributed by atoms with E-state index < -0.39 is 0 Å². The highest BCUT2D eigenvalue weighted by molar-refractivity contribution is 7.16. The van der Waals surface area contributed by atoms with Crippen molar-refractivity contribution in [2.24, 2.45) is 7.05 Å². The molecule has 0 aliphatic rings. The third-order valence-electron chi connectivity index (χ3n) is 2.55. The van der Waals surface area contributed by atoms with Crippen molar-refractivity contribution in [3.8, 4) is 0 Å². The molecule has 0 aliphatic heterocycles. The molecule has 68 valence electrons. The Bertz CT molecular complexity index is 610. The van der Waals surface area contributed by atoms with E-state index in [0.29, 0.717) is 0 Å². The Labute approximate surface area is 86.2 Å². The van der Waals surface area contributed by atoms with Crippen molar-refractivity contribution in [1.82, 2.24) is 0 Å². The fraction of sp³-hybridized carbons (Fsp3) is 0.0833. The molecule has 0 fully saturated rings. The van der Waals surface area contributed by atoms with Gasteiger partial charge < -0.3 is 0 Å². The maximum absolute atomic E-state index is 2.20. The van der Waals surface area contributed by atoms with Crippen LogP contribution in [0.5, 0.6) is 0 Å². The van der Waals surface area contributed by atoms with Crippen molar-refractivity contribution >= 4 is 32.3 Å². The second-order valence-corrected chi connectivity index (χ2v) is 4.35. The van der Waals surface area contributed by atoms with Crippen LogP contribution in [0.2, 0.25) is 0 Å². The van der Waals surface area contributed by atoms with Gasteiger partial charge in [0.2, 0.25) is 11.0 Å². The molecule has 0 saturated carbocycles. The van der Waals surface area contributed by atoms with Crippen LogP contribution < -0.4 is 4.57 Å². The molecular formula is C12H10NS+. The maximum atomic E-state index is 2.20. The van der Waals surface area contributed by atoms with Crippen LogP contribution in [0.1, 0.15) is 0 Å². The molecular weight excluding hydrogens is 190 g/mol. The average molecular weight is 200 g/mol. The van der Waals surface area contributed by atoms with Gasteiger partial charge in [0, 0.05) is 0 Å². The highest BCUT2D eigenvalue weighted by atomic mass is 32.1. The van der Waals surface area contributed by atoms with Crippen LogP contribution >= 0.6 is 11.3 Å². The normalized spacial score (nSPS) is 11.2. The molecule has 0 radical (unpaired) electrons. The van der Waals surface area contributed by atoms with Crippen LogP contribution in [0, 0.1) is 0 Å². The smallest absolute Gasteiger partial charge is 0.191 e. The number of thiazole rings is 1. The number of benzene rings is 2. The first-order valence-electron chi connectivity index (χ1n) is 4.61. The molecule has 1 aromatic heterocycles. The summed E-state index contributed by atoms with van der Waals surface area (Å²) in [4.78, 5) is 0. The monoisotopic (exact) mass is 200 g/mol. The Hall–Kier alpha value is -1.41. The van der Waals surface area contributed by atoms with E-state index in [9.17, 15) is 0 Å². The third kappa shape index (κ3) is 0.976. The van der Waals surface area contributed by atoms with Crippen LogP contribution in [-0.2, 0) is 7.05 Å². The van der Waals surface area contributed by atoms with E-state index in [1.165, 1.54) is 21.0 Å². The lowest BCUT2D eigenvalue weighted by Gasteiger charge is -1.95. The molecule has 0 atom stereocenters. The highest BCUT2D eigenvalue weighted by Gasteiger charge is 2.10. The minimum absolute atomic E-state index is 1.31. The van der Waals surface area contributed by atoms with Crippen LogP contribution in [0.15, 0.2) is 41.9 Å². The second-order valence-electron chi connectivity index (χ2n) is 3.47. The van der Waals surface area contributed by atoms with E-state index in [4.69, 9.17) is 0 Å². The van der Waals surface area contributed by atoms with E-state index >= 15 is 0 Å². The average Bonchev–Trinajstić information content (AvgIpc) is 2.61. The van der Waals surface area contributed by atoms with Crippen molar-refractivity contribution < 1.29 is 4.57 Å². The lowest BCUT2D eigenvalue weighted by atomic mass is 10.1. The lowest BCUT2D eigenvalue weighted by molar-refractivity contribution is -0.639. The number of nitrogens with zero attached hydrogens (tertiary/aromatic N) is 1. The van der Waals surface area contributed by atoms with Crippen molar-refractivity contribution in [2.45, 2.75) is 0 Å². The molecule has 1 nitrogen and oxygen atoms in total. The van der Waals surface area contributed by atoms with Gasteiger partial charge in [0.05, 0.1) is 5.39 Å². The molecule has 0 N–H and O–H groups in total. The Morgan fingerprint density at radius 3 is 2.86 bits per heavy atom. The summed E-state index contributed by atoms with van der Waals surface area (Å²) in [5.41, 5.74) is 3.49. The summed E-state index contributed by atoms with van der Waals surface area (Å²) in [5, 5.41) is 2.66. The van der Waals surface area contributed by atoms with Crippen LogP contribution in [0.25, 0.3) is 21.0 Å². The van der Waals surface area contributed by atoms with Crippen molar-refractivity contribution in [2.75, 3.05) is 0 Å². The first kappa shape index (κ1) is 7.94. The number of hydrogen-bond donors (Lipinski definition) is 0. The minimum atomic E-state index is 1.31. The Balaban J connectivity index is 2.65. The minimum Gasteiger partial charge on any atom is -0.191 e. The second kappa shape index (κ2) is 2.79. The van der Waals surface area contributed by atoms with Gasteiger partial charge in [0.1, 0.15) is 11.7 Å². The van der Waals surface area contributed by atoms with Gasteiger partial charge in [-0.15, -0.1) is 0 Å². The zero-order valence-electron chi connectivity index (χ0n) is 7.90.